The van der Waals surface area contributed by atoms with Gasteiger partial charge in [-0.25, -0.2) is 4.39 Å². The lowest BCUT2D eigenvalue weighted by atomic mass is 10.1. The summed E-state index contributed by atoms with van der Waals surface area (Å²) in [6.45, 7) is 0. The van der Waals surface area contributed by atoms with Crippen LogP contribution >= 0.6 is 0 Å². The van der Waals surface area contributed by atoms with E-state index in [1.165, 1.54) is 24.3 Å². The number of nitrogens with two attached hydrogens (primary N) is 2. The molecular weight excluding hydrogens is 349 g/mol. The van der Waals surface area contributed by atoms with E-state index in [9.17, 15) is 23.6 Å². The number of amides is 2. The van der Waals surface area contributed by atoms with E-state index < -0.39 is 35.2 Å². The smallest absolute Gasteiger partial charge is 0.320 e. The van der Waals surface area contributed by atoms with Crippen molar-refractivity contribution in [2.45, 2.75) is 31.7 Å². The maximum atomic E-state index is 12.6. The van der Waals surface area contributed by atoms with Crippen LogP contribution in [0.3, 0.4) is 0 Å². The molecule has 2 rings (SSSR count). The Kier molecular flexibility index (Phi) is 7.20. The molecular formula is C16H20FN3O6. The minimum absolute atomic E-state index is 0.0231. The van der Waals surface area contributed by atoms with E-state index in [1.54, 1.807) is 0 Å². The fourth-order valence-corrected chi connectivity index (χ4v) is 1.90. The largest absolute Gasteiger partial charge is 0.481 e. The topological polar surface area (TPSA) is 173 Å². The summed E-state index contributed by atoms with van der Waals surface area (Å²) in [6, 6.07) is 4.28. The van der Waals surface area contributed by atoms with Gasteiger partial charge >= 0.3 is 11.9 Å². The van der Waals surface area contributed by atoms with Crippen molar-refractivity contribution in [3.8, 4) is 0 Å². The normalized spacial score (nSPS) is 15.0. The van der Waals surface area contributed by atoms with Crippen LogP contribution in [0.4, 0.5) is 10.1 Å². The predicted octanol–water partition coefficient (Wildman–Crippen LogP) is 0.293. The number of aliphatic carboxylic acids is 2. The van der Waals surface area contributed by atoms with Crippen LogP contribution in [0.15, 0.2) is 24.3 Å². The Balaban J connectivity index is 0.000000294. The molecule has 0 saturated heterocycles. The maximum absolute atomic E-state index is 12.6. The minimum Gasteiger partial charge on any atom is -0.481 e. The molecule has 0 heterocycles. The van der Waals surface area contributed by atoms with Gasteiger partial charge < -0.3 is 27.0 Å². The molecule has 10 heteroatoms. The fourth-order valence-electron chi connectivity index (χ4n) is 1.90. The highest BCUT2D eigenvalue weighted by molar-refractivity contribution is 6.12. The van der Waals surface area contributed by atoms with Crippen LogP contribution in [0.2, 0.25) is 0 Å². The van der Waals surface area contributed by atoms with E-state index in [2.05, 4.69) is 5.32 Å². The first kappa shape index (κ1) is 21.0. The Bertz CT molecular complexity index is 688. The van der Waals surface area contributed by atoms with Crippen molar-refractivity contribution in [2.75, 3.05) is 5.32 Å². The number of nitrogens with one attached hydrogen (secondary N) is 1. The number of carbonyl (C=O) groups is 4. The third-order valence-electron chi connectivity index (χ3n) is 3.74. The van der Waals surface area contributed by atoms with Crippen molar-refractivity contribution in [3.05, 3.63) is 30.1 Å². The molecule has 9 nitrogen and oxygen atoms in total. The number of rotatable bonds is 7. The van der Waals surface area contributed by atoms with Crippen molar-refractivity contribution in [1.82, 2.24) is 0 Å². The van der Waals surface area contributed by atoms with Gasteiger partial charge in [-0.2, -0.15) is 0 Å². The lowest BCUT2D eigenvalue weighted by Crippen LogP contribution is -2.36. The summed E-state index contributed by atoms with van der Waals surface area (Å²) >= 11 is 0. The van der Waals surface area contributed by atoms with Crippen LogP contribution in [0.5, 0.6) is 0 Å². The van der Waals surface area contributed by atoms with Crippen molar-refractivity contribution in [1.29, 1.82) is 0 Å². The lowest BCUT2D eigenvalue weighted by Gasteiger charge is -2.11. The van der Waals surface area contributed by atoms with Crippen LogP contribution in [0.1, 0.15) is 25.7 Å². The van der Waals surface area contributed by atoms with Crippen LogP contribution in [-0.2, 0) is 19.2 Å². The summed E-state index contributed by atoms with van der Waals surface area (Å²) in [4.78, 5) is 42.7. The number of primary amides is 1. The molecule has 0 aromatic heterocycles. The molecule has 1 atom stereocenters. The van der Waals surface area contributed by atoms with Crippen molar-refractivity contribution >= 4 is 29.4 Å². The van der Waals surface area contributed by atoms with Gasteiger partial charge in [-0.3, -0.25) is 19.2 Å². The van der Waals surface area contributed by atoms with E-state index in [-0.39, 0.29) is 18.7 Å². The number of anilines is 1. The van der Waals surface area contributed by atoms with Gasteiger partial charge in [-0.05, 0) is 43.5 Å². The van der Waals surface area contributed by atoms with Gasteiger partial charge in [0.2, 0.25) is 11.8 Å². The van der Waals surface area contributed by atoms with E-state index in [0.717, 1.165) is 0 Å². The number of carboxylic acids is 2. The van der Waals surface area contributed by atoms with Crippen LogP contribution in [0, 0.1) is 11.2 Å². The number of hydrogen-bond acceptors (Lipinski definition) is 5. The van der Waals surface area contributed by atoms with Gasteiger partial charge in [-0.1, -0.05) is 0 Å². The van der Waals surface area contributed by atoms with Gasteiger partial charge in [0.25, 0.3) is 0 Å². The Morgan fingerprint density at radius 2 is 1.69 bits per heavy atom. The van der Waals surface area contributed by atoms with E-state index in [0.29, 0.717) is 18.5 Å². The zero-order valence-corrected chi connectivity index (χ0v) is 13.8. The molecule has 26 heavy (non-hydrogen) atoms. The fraction of sp³-hybridized carbons (Fsp3) is 0.375. The van der Waals surface area contributed by atoms with Gasteiger partial charge in [0.1, 0.15) is 17.3 Å². The Morgan fingerprint density at radius 1 is 1.15 bits per heavy atom. The summed E-state index contributed by atoms with van der Waals surface area (Å²) in [5, 5.41) is 18.8. The predicted molar refractivity (Wildman–Crippen MR) is 88.4 cm³/mol. The highest BCUT2D eigenvalue weighted by Gasteiger charge is 2.55. The number of hydrogen-bond donors (Lipinski definition) is 5. The third kappa shape index (κ3) is 6.13. The van der Waals surface area contributed by atoms with Crippen LogP contribution in [0.25, 0.3) is 0 Å². The third-order valence-corrected chi connectivity index (χ3v) is 3.74. The van der Waals surface area contributed by atoms with Crippen LogP contribution < -0.4 is 16.8 Å². The molecule has 0 aliphatic heterocycles. The quantitative estimate of drug-likeness (QED) is 0.429. The second kappa shape index (κ2) is 8.90. The molecule has 1 aliphatic carbocycles. The number of halogens is 1. The van der Waals surface area contributed by atoms with Crippen LogP contribution in [-0.4, -0.2) is 40.0 Å². The molecule has 1 aliphatic rings. The molecule has 1 unspecified atom stereocenters. The van der Waals surface area contributed by atoms with Crippen molar-refractivity contribution in [3.63, 3.8) is 0 Å². The van der Waals surface area contributed by atoms with Gasteiger partial charge in [-0.15, -0.1) is 0 Å². The van der Waals surface area contributed by atoms with Gasteiger partial charge in [0.15, 0.2) is 0 Å². The molecule has 0 spiro atoms. The summed E-state index contributed by atoms with van der Waals surface area (Å²) in [7, 11) is 0. The van der Waals surface area contributed by atoms with E-state index in [4.69, 9.17) is 21.7 Å². The zero-order valence-electron chi connectivity index (χ0n) is 13.8. The first-order valence-electron chi connectivity index (χ1n) is 7.65. The van der Waals surface area contributed by atoms with Gasteiger partial charge in [0.05, 0.1) is 0 Å². The summed E-state index contributed by atoms with van der Waals surface area (Å²) < 4.78 is 12.6. The van der Waals surface area contributed by atoms with Gasteiger partial charge in [0, 0.05) is 12.1 Å². The summed E-state index contributed by atoms with van der Waals surface area (Å²) in [5.74, 6) is -3.59. The summed E-state index contributed by atoms with van der Waals surface area (Å²) in [6.07, 6.45) is 0.739. The molecule has 0 radical (unpaired) electrons. The Hall–Kier alpha value is -3.01. The molecule has 1 aromatic carbocycles. The minimum atomic E-state index is -1.17. The molecule has 142 valence electrons. The zero-order chi connectivity index (χ0) is 19.9. The van der Waals surface area contributed by atoms with Crippen molar-refractivity contribution < 1.29 is 33.8 Å². The Labute approximate surface area is 148 Å². The monoisotopic (exact) mass is 369 g/mol. The summed E-state index contributed by atoms with van der Waals surface area (Å²) in [5.41, 5.74) is 9.56. The first-order valence-corrected chi connectivity index (χ1v) is 7.65. The molecule has 2 amide bonds. The standard InChI is InChI=1S/C11H11FN2O2.C5H9NO4/c12-7-1-3-8(4-2-7)14-10(16)11(5-6-11)9(13)15;6-3(5(9)10)1-2-4(7)8/h1-4H,5-6H2,(H2,13,15)(H,14,16);3H,1-2,6H2,(H,7,8)(H,9,10). The number of carbonyl (C=O) groups excluding carboxylic acids is 2. The van der Waals surface area contributed by atoms with E-state index >= 15 is 0 Å². The lowest BCUT2D eigenvalue weighted by molar-refractivity contribution is -0.140. The molecule has 1 aromatic rings. The van der Waals surface area contributed by atoms with E-state index in [1.807, 2.05) is 0 Å². The highest BCUT2D eigenvalue weighted by atomic mass is 19.1. The molecule has 7 N–H and O–H groups in total. The second-order valence-corrected chi connectivity index (χ2v) is 5.78. The average molecular weight is 369 g/mol. The van der Waals surface area contributed by atoms with Crippen molar-refractivity contribution in [2.24, 2.45) is 16.9 Å². The average Bonchev–Trinajstić information content (AvgIpc) is 3.37. The molecule has 1 fully saturated rings. The molecule has 0 bridgehead atoms. The number of benzene rings is 1. The first-order chi connectivity index (χ1) is 12.1. The SMILES string of the molecule is NC(=O)C1(C(=O)Nc2ccc(F)cc2)CC1.NC(CCC(=O)O)C(=O)O. The number of carboxylic acid groups (broad SMARTS) is 2. The molecule has 1 saturated carbocycles. The second-order valence-electron chi connectivity index (χ2n) is 5.78. The highest BCUT2D eigenvalue weighted by Crippen LogP contribution is 2.46. The Morgan fingerprint density at radius 3 is 2.08 bits per heavy atom. The maximum Gasteiger partial charge on any atom is 0.320 e.